The first-order chi connectivity index (χ1) is 7.29. The molecule has 0 N–H and O–H groups in total. The zero-order chi connectivity index (χ0) is 10.7. The van der Waals surface area contributed by atoms with Crippen LogP contribution in [-0.2, 0) is 6.42 Å². The monoisotopic (exact) mass is 225 g/mol. The third kappa shape index (κ3) is 2.36. The molecule has 0 unspecified atom stereocenters. The van der Waals surface area contributed by atoms with Gasteiger partial charge in [0.15, 0.2) is 11.7 Å². The molecule has 0 amide bonds. The number of benzene rings is 1. The van der Waals surface area contributed by atoms with Gasteiger partial charge >= 0.3 is 0 Å². The Balaban J connectivity index is 2.29. The van der Waals surface area contributed by atoms with Crippen LogP contribution in [0, 0.1) is 5.82 Å². The van der Waals surface area contributed by atoms with Crippen molar-refractivity contribution in [1.82, 2.24) is 4.98 Å². The van der Waals surface area contributed by atoms with Crippen molar-refractivity contribution in [3.63, 3.8) is 0 Å². The highest BCUT2D eigenvalue weighted by Gasteiger charge is 2.06. The van der Waals surface area contributed by atoms with Crippen LogP contribution in [0.5, 0.6) is 0 Å². The van der Waals surface area contributed by atoms with Crippen LogP contribution in [0.15, 0.2) is 34.9 Å². The highest BCUT2D eigenvalue weighted by Crippen LogP contribution is 2.21. The molecular formula is C11H9ClFNO. The van der Waals surface area contributed by atoms with Crippen LogP contribution in [0.3, 0.4) is 0 Å². The first kappa shape index (κ1) is 10.2. The van der Waals surface area contributed by atoms with Crippen molar-refractivity contribution in [2.75, 3.05) is 5.88 Å². The number of oxazole rings is 1. The number of halogens is 2. The average Bonchev–Trinajstić information content (AvgIpc) is 2.67. The summed E-state index contributed by atoms with van der Waals surface area (Å²) in [7, 11) is 0. The van der Waals surface area contributed by atoms with E-state index in [1.54, 1.807) is 18.3 Å². The lowest BCUT2D eigenvalue weighted by atomic mass is 10.2. The Labute approximate surface area is 91.7 Å². The Kier molecular flexibility index (Phi) is 3.02. The minimum absolute atomic E-state index is 0.289. The second-order valence-corrected chi connectivity index (χ2v) is 3.45. The van der Waals surface area contributed by atoms with E-state index in [1.165, 1.54) is 12.1 Å². The van der Waals surface area contributed by atoms with Gasteiger partial charge in [0, 0.05) is 17.9 Å². The van der Waals surface area contributed by atoms with Gasteiger partial charge in [-0.25, -0.2) is 9.37 Å². The van der Waals surface area contributed by atoms with E-state index in [1.807, 2.05) is 0 Å². The van der Waals surface area contributed by atoms with Gasteiger partial charge in [0.1, 0.15) is 5.82 Å². The van der Waals surface area contributed by atoms with E-state index in [0.29, 0.717) is 29.5 Å². The minimum atomic E-state index is -0.289. The van der Waals surface area contributed by atoms with Gasteiger partial charge < -0.3 is 4.42 Å². The summed E-state index contributed by atoms with van der Waals surface area (Å²) >= 11 is 5.56. The van der Waals surface area contributed by atoms with Crippen molar-refractivity contribution in [3.8, 4) is 11.3 Å². The summed E-state index contributed by atoms with van der Waals surface area (Å²) in [4.78, 5) is 4.04. The van der Waals surface area contributed by atoms with Crippen LogP contribution >= 0.6 is 11.6 Å². The minimum Gasteiger partial charge on any atom is -0.441 e. The van der Waals surface area contributed by atoms with Crippen molar-refractivity contribution in [3.05, 3.63) is 42.2 Å². The lowest BCUT2D eigenvalue weighted by Gasteiger charge is -1.95. The molecule has 1 heterocycles. The topological polar surface area (TPSA) is 26.0 Å². The maximum Gasteiger partial charge on any atom is 0.196 e. The first-order valence-electron chi connectivity index (χ1n) is 4.56. The van der Waals surface area contributed by atoms with Crippen molar-refractivity contribution in [2.24, 2.45) is 0 Å². The Morgan fingerprint density at radius 3 is 3.00 bits per heavy atom. The molecular weight excluding hydrogens is 217 g/mol. The van der Waals surface area contributed by atoms with E-state index in [4.69, 9.17) is 16.0 Å². The van der Waals surface area contributed by atoms with E-state index in [9.17, 15) is 4.39 Å². The quantitative estimate of drug-likeness (QED) is 0.750. The Morgan fingerprint density at radius 1 is 1.40 bits per heavy atom. The Bertz CT molecular complexity index is 455. The molecule has 0 bridgehead atoms. The number of hydrogen-bond donors (Lipinski definition) is 0. The van der Waals surface area contributed by atoms with E-state index in [-0.39, 0.29) is 5.82 Å². The Hall–Kier alpha value is -1.35. The third-order valence-electron chi connectivity index (χ3n) is 1.97. The lowest BCUT2D eigenvalue weighted by Crippen LogP contribution is -1.83. The molecule has 0 radical (unpaired) electrons. The molecule has 1 aromatic carbocycles. The fourth-order valence-corrected chi connectivity index (χ4v) is 1.44. The number of hydrogen-bond acceptors (Lipinski definition) is 2. The van der Waals surface area contributed by atoms with Crippen molar-refractivity contribution < 1.29 is 8.81 Å². The molecule has 4 heteroatoms. The second-order valence-electron chi connectivity index (χ2n) is 3.07. The van der Waals surface area contributed by atoms with Gasteiger partial charge in [0.05, 0.1) is 6.20 Å². The summed E-state index contributed by atoms with van der Waals surface area (Å²) in [6.07, 6.45) is 2.16. The lowest BCUT2D eigenvalue weighted by molar-refractivity contribution is 0.514. The standard InChI is InChI=1S/C11H9ClFNO/c12-5-4-11-14-7-10(15-11)8-2-1-3-9(13)6-8/h1-3,6-7H,4-5H2. The molecule has 0 aliphatic rings. The average molecular weight is 226 g/mol. The summed E-state index contributed by atoms with van der Waals surface area (Å²) in [5, 5.41) is 0. The maximum atomic E-state index is 12.9. The predicted molar refractivity (Wildman–Crippen MR) is 56.3 cm³/mol. The maximum absolute atomic E-state index is 12.9. The molecule has 15 heavy (non-hydrogen) atoms. The van der Waals surface area contributed by atoms with Crippen molar-refractivity contribution in [2.45, 2.75) is 6.42 Å². The molecule has 78 valence electrons. The number of aryl methyl sites for hydroxylation is 1. The van der Waals surface area contributed by atoms with Crippen LogP contribution in [0.1, 0.15) is 5.89 Å². The summed E-state index contributed by atoms with van der Waals surface area (Å²) in [5.41, 5.74) is 0.684. The fraction of sp³-hybridized carbons (Fsp3) is 0.182. The van der Waals surface area contributed by atoms with Gasteiger partial charge in [-0.15, -0.1) is 11.6 Å². The predicted octanol–water partition coefficient (Wildman–Crippen LogP) is 3.26. The van der Waals surface area contributed by atoms with Gasteiger partial charge in [0.25, 0.3) is 0 Å². The van der Waals surface area contributed by atoms with Gasteiger partial charge in [-0.2, -0.15) is 0 Å². The van der Waals surface area contributed by atoms with Crippen LogP contribution in [0.4, 0.5) is 4.39 Å². The largest absolute Gasteiger partial charge is 0.441 e. The van der Waals surface area contributed by atoms with Gasteiger partial charge in [0.2, 0.25) is 0 Å². The van der Waals surface area contributed by atoms with Crippen LogP contribution in [-0.4, -0.2) is 10.9 Å². The van der Waals surface area contributed by atoms with Gasteiger partial charge in [-0.05, 0) is 12.1 Å². The number of alkyl halides is 1. The van der Waals surface area contributed by atoms with E-state index in [0.717, 1.165) is 0 Å². The smallest absolute Gasteiger partial charge is 0.196 e. The molecule has 0 spiro atoms. The molecule has 2 nitrogen and oxygen atoms in total. The van der Waals surface area contributed by atoms with Crippen LogP contribution in [0.25, 0.3) is 11.3 Å². The summed E-state index contributed by atoms with van der Waals surface area (Å²) < 4.78 is 18.3. The summed E-state index contributed by atoms with van der Waals surface area (Å²) in [6.45, 7) is 0. The zero-order valence-electron chi connectivity index (χ0n) is 7.91. The SMILES string of the molecule is Fc1cccc(-c2cnc(CCCl)o2)c1. The summed E-state index contributed by atoms with van der Waals surface area (Å²) in [6, 6.07) is 6.20. The number of nitrogens with zero attached hydrogens (tertiary/aromatic N) is 1. The molecule has 0 aliphatic heterocycles. The van der Waals surface area contributed by atoms with E-state index in [2.05, 4.69) is 4.98 Å². The molecule has 2 rings (SSSR count). The highest BCUT2D eigenvalue weighted by molar-refractivity contribution is 6.17. The first-order valence-corrected chi connectivity index (χ1v) is 5.09. The molecule has 1 aromatic heterocycles. The number of rotatable bonds is 3. The third-order valence-corrected chi connectivity index (χ3v) is 2.16. The second kappa shape index (κ2) is 4.45. The van der Waals surface area contributed by atoms with Crippen LogP contribution in [0.2, 0.25) is 0 Å². The van der Waals surface area contributed by atoms with Crippen molar-refractivity contribution >= 4 is 11.6 Å². The zero-order valence-corrected chi connectivity index (χ0v) is 8.67. The summed E-state index contributed by atoms with van der Waals surface area (Å²) in [5.74, 6) is 1.31. The molecule has 0 aliphatic carbocycles. The van der Waals surface area contributed by atoms with Gasteiger partial charge in [-0.3, -0.25) is 0 Å². The normalized spacial score (nSPS) is 10.5. The van der Waals surface area contributed by atoms with Crippen LogP contribution < -0.4 is 0 Å². The molecule has 0 saturated carbocycles. The van der Waals surface area contributed by atoms with Gasteiger partial charge in [-0.1, -0.05) is 12.1 Å². The Morgan fingerprint density at radius 2 is 2.27 bits per heavy atom. The van der Waals surface area contributed by atoms with E-state index >= 15 is 0 Å². The molecule has 0 atom stereocenters. The van der Waals surface area contributed by atoms with E-state index < -0.39 is 0 Å². The highest BCUT2D eigenvalue weighted by atomic mass is 35.5. The molecule has 0 fully saturated rings. The van der Waals surface area contributed by atoms with Crippen molar-refractivity contribution in [1.29, 1.82) is 0 Å². The fourth-order valence-electron chi connectivity index (χ4n) is 1.28. The number of aromatic nitrogens is 1. The molecule has 2 aromatic rings. The molecule has 0 saturated heterocycles.